The van der Waals surface area contributed by atoms with Gasteiger partial charge in [-0.05, 0) is 97.4 Å². The van der Waals surface area contributed by atoms with Gasteiger partial charge in [-0.2, -0.15) is 0 Å². The lowest BCUT2D eigenvalue weighted by Crippen LogP contribution is -2.07. The topological polar surface area (TPSA) is 19.7 Å². The molecule has 14 rings (SSSR count). The molecule has 4 nitrogen and oxygen atoms in total. The van der Waals surface area contributed by atoms with Gasteiger partial charge >= 0.3 is 0 Å². The SMILES string of the molecule is Cc1c(-n2c3ccccc3c3ccc(-n4c5ccccc5c5ccccc54)cc32)ccc(-c2c(F)cccc2F)c1-n1c2ccccc2c2ccc(-n3c4ccccc4c4ccccc43)cc21. The van der Waals surface area contributed by atoms with E-state index in [0.717, 1.165) is 88.3 Å². The Kier molecular flexibility index (Phi) is 7.93. The summed E-state index contributed by atoms with van der Waals surface area (Å²) in [6.07, 6.45) is 0. The van der Waals surface area contributed by atoms with E-state index in [4.69, 9.17) is 0 Å². The lowest BCUT2D eigenvalue weighted by atomic mass is 9.97. The van der Waals surface area contributed by atoms with Gasteiger partial charge in [-0.3, -0.25) is 0 Å². The van der Waals surface area contributed by atoms with Gasteiger partial charge in [-0.15, -0.1) is 0 Å². The van der Waals surface area contributed by atoms with Crippen LogP contribution in [0.1, 0.15) is 5.56 Å². The monoisotopic (exact) mass is 864 g/mol. The maximum absolute atomic E-state index is 16.4. The molecule has 14 aromatic rings. The van der Waals surface area contributed by atoms with Crippen molar-refractivity contribution < 1.29 is 8.78 Å². The van der Waals surface area contributed by atoms with Gasteiger partial charge in [0.25, 0.3) is 0 Å². The molecular weight excluding hydrogens is 827 g/mol. The molecule has 0 aliphatic carbocycles. The van der Waals surface area contributed by atoms with E-state index in [1.165, 1.54) is 39.7 Å². The van der Waals surface area contributed by atoms with Crippen LogP contribution in [0.2, 0.25) is 0 Å². The number of aromatic nitrogens is 4. The van der Waals surface area contributed by atoms with Crippen molar-refractivity contribution in [1.82, 2.24) is 18.3 Å². The highest BCUT2D eigenvalue weighted by Gasteiger charge is 2.26. The average Bonchev–Trinajstić information content (AvgIpc) is 4.09. The average molecular weight is 865 g/mol. The van der Waals surface area contributed by atoms with E-state index in [-0.39, 0.29) is 5.56 Å². The van der Waals surface area contributed by atoms with Crippen molar-refractivity contribution in [1.29, 1.82) is 0 Å². The fraction of sp³-hybridized carbons (Fsp3) is 0.0164. The standard InChI is InChI=1S/C61H38F2N4/c1-37-51(66-56-27-12-6-19-44(56)46-31-29-38(35-58(46)66)64-52-23-8-2-15-40(52)41-16-3-9-24-53(41)64)34-33-48(60-49(62)21-14-22-50(60)63)61(37)67-57-28-13-7-20-45(57)47-32-30-39(36-59(47)67)65-54-25-10-4-17-42(54)43-18-5-11-26-55(43)65/h2-36H,1H3. The van der Waals surface area contributed by atoms with E-state index in [9.17, 15) is 0 Å². The number of hydrogen-bond acceptors (Lipinski definition) is 0. The van der Waals surface area contributed by atoms with Crippen LogP contribution in [0.3, 0.4) is 0 Å². The van der Waals surface area contributed by atoms with Crippen LogP contribution in [0.4, 0.5) is 8.78 Å². The number of para-hydroxylation sites is 6. The van der Waals surface area contributed by atoms with Gasteiger partial charge in [0.15, 0.2) is 0 Å². The largest absolute Gasteiger partial charge is 0.309 e. The minimum Gasteiger partial charge on any atom is -0.309 e. The molecule has 67 heavy (non-hydrogen) atoms. The lowest BCUT2D eigenvalue weighted by Gasteiger charge is -2.22. The summed E-state index contributed by atoms with van der Waals surface area (Å²) < 4.78 is 42.0. The Morgan fingerprint density at radius 3 is 1.06 bits per heavy atom. The fourth-order valence-corrected chi connectivity index (χ4v) is 11.3. The second-order valence-electron chi connectivity index (χ2n) is 17.5. The zero-order chi connectivity index (χ0) is 44.5. The van der Waals surface area contributed by atoms with E-state index < -0.39 is 11.6 Å². The van der Waals surface area contributed by atoms with E-state index in [0.29, 0.717) is 11.3 Å². The molecule has 0 unspecified atom stereocenters. The predicted molar refractivity (Wildman–Crippen MR) is 274 cm³/mol. The Morgan fingerprint density at radius 1 is 0.299 bits per heavy atom. The second-order valence-corrected chi connectivity index (χ2v) is 17.5. The molecule has 0 atom stereocenters. The van der Waals surface area contributed by atoms with Gasteiger partial charge in [-0.25, -0.2) is 8.78 Å². The predicted octanol–water partition coefficient (Wildman–Crippen LogP) is 16.3. The highest BCUT2D eigenvalue weighted by molar-refractivity contribution is 6.14. The van der Waals surface area contributed by atoms with Gasteiger partial charge in [0, 0.05) is 60.0 Å². The molecule has 0 aliphatic heterocycles. The number of hydrogen-bond donors (Lipinski definition) is 0. The van der Waals surface area contributed by atoms with Crippen LogP contribution in [-0.2, 0) is 0 Å². The quantitative estimate of drug-likeness (QED) is 0.164. The van der Waals surface area contributed by atoms with Crippen LogP contribution in [0, 0.1) is 18.6 Å². The molecule has 0 N–H and O–H groups in total. The molecule has 10 aromatic carbocycles. The van der Waals surface area contributed by atoms with Crippen molar-refractivity contribution in [3.05, 3.63) is 230 Å². The summed E-state index contributed by atoms with van der Waals surface area (Å²) >= 11 is 0. The van der Waals surface area contributed by atoms with Crippen molar-refractivity contribution >= 4 is 87.2 Å². The molecule has 0 saturated heterocycles. The lowest BCUT2D eigenvalue weighted by molar-refractivity contribution is 0.589. The Balaban J connectivity index is 1.09. The van der Waals surface area contributed by atoms with Crippen LogP contribution in [0.5, 0.6) is 0 Å². The maximum atomic E-state index is 16.4. The van der Waals surface area contributed by atoms with Gasteiger partial charge in [0.1, 0.15) is 11.6 Å². The van der Waals surface area contributed by atoms with Gasteiger partial charge in [-0.1, -0.05) is 127 Å². The number of halogens is 2. The zero-order valence-corrected chi connectivity index (χ0v) is 36.3. The molecular formula is C61H38F2N4. The second kappa shape index (κ2) is 14.1. The number of rotatable bonds is 5. The van der Waals surface area contributed by atoms with Crippen LogP contribution in [0.25, 0.3) is 121 Å². The van der Waals surface area contributed by atoms with Crippen molar-refractivity contribution in [3.63, 3.8) is 0 Å². The molecule has 4 aromatic heterocycles. The molecule has 0 saturated carbocycles. The summed E-state index contributed by atoms with van der Waals surface area (Å²) in [5.74, 6) is -1.24. The molecule has 0 radical (unpaired) electrons. The smallest absolute Gasteiger partial charge is 0.134 e. The molecule has 4 heterocycles. The van der Waals surface area contributed by atoms with Crippen LogP contribution in [0.15, 0.2) is 212 Å². The van der Waals surface area contributed by atoms with Crippen molar-refractivity contribution in [2.24, 2.45) is 0 Å². The van der Waals surface area contributed by atoms with E-state index in [1.54, 1.807) is 0 Å². The van der Waals surface area contributed by atoms with Crippen LogP contribution < -0.4 is 0 Å². The Morgan fingerprint density at radius 2 is 0.642 bits per heavy atom. The zero-order valence-electron chi connectivity index (χ0n) is 36.3. The van der Waals surface area contributed by atoms with Gasteiger partial charge in [0.2, 0.25) is 0 Å². The van der Waals surface area contributed by atoms with Crippen LogP contribution in [-0.4, -0.2) is 18.3 Å². The van der Waals surface area contributed by atoms with Crippen molar-refractivity contribution in [3.8, 4) is 33.9 Å². The molecule has 6 heteroatoms. The Labute approximate surface area is 383 Å². The molecule has 316 valence electrons. The maximum Gasteiger partial charge on any atom is 0.134 e. The van der Waals surface area contributed by atoms with E-state index >= 15 is 8.78 Å². The Hall–Kier alpha value is -8.74. The summed E-state index contributed by atoms with van der Waals surface area (Å²) in [7, 11) is 0. The molecule has 0 amide bonds. The molecule has 0 bridgehead atoms. The first kappa shape index (κ1) is 37.6. The fourth-order valence-electron chi connectivity index (χ4n) is 11.3. The van der Waals surface area contributed by atoms with E-state index in [1.807, 2.05) is 18.2 Å². The summed E-state index contributed by atoms with van der Waals surface area (Å²) in [6, 6.07) is 72.4. The third-order valence-corrected chi connectivity index (χ3v) is 14.1. The minimum absolute atomic E-state index is 0.0625. The summed E-state index contributed by atoms with van der Waals surface area (Å²) in [4.78, 5) is 0. The third kappa shape index (κ3) is 5.26. The number of nitrogens with zero attached hydrogens (tertiary/aromatic N) is 4. The van der Waals surface area contributed by atoms with Crippen molar-refractivity contribution in [2.75, 3.05) is 0 Å². The highest BCUT2D eigenvalue weighted by atomic mass is 19.1. The number of fused-ring (bicyclic) bond motifs is 12. The Bertz CT molecular complexity index is 4260. The van der Waals surface area contributed by atoms with Gasteiger partial charge in [0.05, 0.1) is 61.1 Å². The number of benzene rings is 10. The minimum atomic E-state index is -0.618. The summed E-state index contributed by atoms with van der Waals surface area (Å²) in [5, 5.41) is 9.05. The summed E-state index contributed by atoms with van der Waals surface area (Å²) in [6.45, 7) is 2.10. The van der Waals surface area contributed by atoms with Gasteiger partial charge < -0.3 is 18.3 Å². The third-order valence-electron chi connectivity index (χ3n) is 14.1. The first-order valence-corrected chi connectivity index (χ1v) is 22.7. The molecule has 0 aliphatic rings. The first-order valence-electron chi connectivity index (χ1n) is 22.7. The molecule has 0 spiro atoms. The highest BCUT2D eigenvalue weighted by Crippen LogP contribution is 2.44. The molecule has 0 fully saturated rings. The van der Waals surface area contributed by atoms with Crippen molar-refractivity contribution in [2.45, 2.75) is 6.92 Å². The first-order chi connectivity index (χ1) is 33.0. The summed E-state index contributed by atoms with van der Waals surface area (Å²) in [5.41, 5.74) is 13.3. The van der Waals surface area contributed by atoms with E-state index in [2.05, 4.69) is 201 Å². The van der Waals surface area contributed by atoms with Crippen LogP contribution >= 0.6 is 0 Å². The normalized spacial score (nSPS) is 12.1.